The molecule has 0 aromatic heterocycles. The number of rotatable bonds is 3. The summed E-state index contributed by atoms with van der Waals surface area (Å²) in [5.74, 6) is -0.787. The Bertz CT molecular complexity index is 192. The van der Waals surface area contributed by atoms with Crippen LogP contribution in [0.25, 0.3) is 0 Å². The molecule has 3 nitrogen and oxygen atoms in total. The van der Waals surface area contributed by atoms with Gasteiger partial charge in [0.2, 0.25) is 0 Å². The summed E-state index contributed by atoms with van der Waals surface area (Å²) in [5.41, 5.74) is 5.60. The zero-order chi connectivity index (χ0) is 10.9. The van der Waals surface area contributed by atoms with Gasteiger partial charge >= 0.3 is 5.97 Å². The fourth-order valence-corrected chi connectivity index (χ4v) is 1.67. The molecular formula is C10H21NO2. The molecule has 3 N–H and O–H groups in total. The van der Waals surface area contributed by atoms with Crippen LogP contribution in [0, 0.1) is 10.8 Å². The lowest BCUT2D eigenvalue weighted by atomic mass is 9.70. The lowest BCUT2D eigenvalue weighted by Crippen LogP contribution is -2.47. The molecule has 0 aliphatic rings. The van der Waals surface area contributed by atoms with Gasteiger partial charge in [-0.05, 0) is 10.8 Å². The van der Waals surface area contributed by atoms with Gasteiger partial charge in [-0.15, -0.1) is 0 Å². The molecule has 0 saturated heterocycles. The normalized spacial score (nSPS) is 15.5. The van der Waals surface area contributed by atoms with Gasteiger partial charge < -0.3 is 10.8 Å². The molecule has 0 spiro atoms. The summed E-state index contributed by atoms with van der Waals surface area (Å²) in [6, 6.07) is -0.115. The molecule has 0 fully saturated rings. The molecule has 0 aromatic carbocycles. The van der Waals surface area contributed by atoms with E-state index in [1.165, 1.54) is 0 Å². The zero-order valence-electron chi connectivity index (χ0n) is 9.22. The zero-order valence-corrected chi connectivity index (χ0v) is 9.22. The maximum Gasteiger partial charge on any atom is 0.303 e. The molecule has 0 aliphatic heterocycles. The SMILES string of the molecule is CC(C)(C)C(N)C(C)(C)CC(=O)O. The number of hydrogen-bond acceptors (Lipinski definition) is 2. The molecule has 0 heterocycles. The van der Waals surface area contributed by atoms with Gasteiger partial charge in [0.15, 0.2) is 0 Å². The fourth-order valence-electron chi connectivity index (χ4n) is 1.67. The lowest BCUT2D eigenvalue weighted by Gasteiger charge is -2.39. The summed E-state index contributed by atoms with van der Waals surface area (Å²) in [6.45, 7) is 9.89. The van der Waals surface area contributed by atoms with E-state index in [1.54, 1.807) is 0 Å². The summed E-state index contributed by atoms with van der Waals surface area (Å²) < 4.78 is 0. The first-order chi connectivity index (χ1) is 5.57. The molecule has 3 heteroatoms. The van der Waals surface area contributed by atoms with Crippen LogP contribution in [0.5, 0.6) is 0 Å². The van der Waals surface area contributed by atoms with E-state index in [4.69, 9.17) is 10.8 Å². The van der Waals surface area contributed by atoms with E-state index in [0.29, 0.717) is 0 Å². The minimum atomic E-state index is -0.787. The molecule has 13 heavy (non-hydrogen) atoms. The van der Waals surface area contributed by atoms with E-state index >= 15 is 0 Å². The van der Waals surface area contributed by atoms with Gasteiger partial charge in [0, 0.05) is 6.04 Å². The first-order valence-corrected chi connectivity index (χ1v) is 4.55. The maximum atomic E-state index is 10.6. The van der Waals surface area contributed by atoms with E-state index < -0.39 is 5.97 Å². The van der Waals surface area contributed by atoms with E-state index in [-0.39, 0.29) is 23.3 Å². The molecule has 0 amide bonds. The third-order valence-corrected chi connectivity index (χ3v) is 2.38. The Morgan fingerprint density at radius 3 is 1.92 bits per heavy atom. The minimum Gasteiger partial charge on any atom is -0.481 e. The summed E-state index contributed by atoms with van der Waals surface area (Å²) >= 11 is 0. The van der Waals surface area contributed by atoms with Crippen molar-refractivity contribution >= 4 is 5.97 Å². The monoisotopic (exact) mass is 187 g/mol. The number of carboxylic acid groups (broad SMARTS) is 1. The van der Waals surface area contributed by atoms with E-state index in [9.17, 15) is 4.79 Å². The van der Waals surface area contributed by atoms with Gasteiger partial charge in [0.25, 0.3) is 0 Å². The molecule has 0 saturated carbocycles. The van der Waals surface area contributed by atoms with Crippen molar-refractivity contribution in [3.8, 4) is 0 Å². The molecule has 78 valence electrons. The predicted molar refractivity (Wildman–Crippen MR) is 53.5 cm³/mol. The van der Waals surface area contributed by atoms with Gasteiger partial charge in [-0.25, -0.2) is 0 Å². The van der Waals surface area contributed by atoms with Crippen molar-refractivity contribution in [1.82, 2.24) is 0 Å². The van der Waals surface area contributed by atoms with Crippen molar-refractivity contribution in [3.63, 3.8) is 0 Å². The van der Waals surface area contributed by atoms with Gasteiger partial charge in [0.1, 0.15) is 0 Å². The molecule has 0 aliphatic carbocycles. The van der Waals surface area contributed by atoms with Crippen LogP contribution in [0.4, 0.5) is 0 Å². The molecule has 0 aromatic rings. The van der Waals surface area contributed by atoms with Crippen LogP contribution >= 0.6 is 0 Å². The highest BCUT2D eigenvalue weighted by molar-refractivity contribution is 5.67. The molecule has 1 unspecified atom stereocenters. The standard InChI is InChI=1S/C10H21NO2/c1-9(2,3)8(11)10(4,5)6-7(12)13/h8H,6,11H2,1-5H3,(H,12,13). The van der Waals surface area contributed by atoms with Gasteiger partial charge in [-0.2, -0.15) is 0 Å². The first kappa shape index (κ1) is 12.4. The van der Waals surface area contributed by atoms with E-state index in [0.717, 1.165) is 0 Å². The van der Waals surface area contributed by atoms with E-state index in [1.807, 2.05) is 34.6 Å². The van der Waals surface area contributed by atoms with E-state index in [2.05, 4.69) is 0 Å². The van der Waals surface area contributed by atoms with Crippen LogP contribution in [0.2, 0.25) is 0 Å². The van der Waals surface area contributed by atoms with Crippen LogP contribution in [0.1, 0.15) is 41.0 Å². The second-order valence-electron chi connectivity index (χ2n) is 5.40. The fraction of sp³-hybridized carbons (Fsp3) is 0.900. The Morgan fingerprint density at radius 1 is 1.31 bits per heavy atom. The van der Waals surface area contributed by atoms with Crippen molar-refractivity contribution in [2.45, 2.75) is 47.1 Å². The third kappa shape index (κ3) is 3.77. The lowest BCUT2D eigenvalue weighted by molar-refractivity contribution is -0.140. The number of carboxylic acids is 1. The second kappa shape index (κ2) is 3.66. The second-order valence-corrected chi connectivity index (χ2v) is 5.40. The average Bonchev–Trinajstić information content (AvgIpc) is 1.80. The van der Waals surface area contributed by atoms with Crippen LogP contribution in [0.3, 0.4) is 0 Å². The first-order valence-electron chi connectivity index (χ1n) is 4.55. The minimum absolute atomic E-state index is 0.0566. The Morgan fingerprint density at radius 2 is 1.69 bits per heavy atom. The average molecular weight is 187 g/mol. The van der Waals surface area contributed by atoms with Crippen LogP contribution in [-0.2, 0) is 4.79 Å². The highest BCUT2D eigenvalue weighted by Crippen LogP contribution is 2.34. The topological polar surface area (TPSA) is 63.3 Å². The number of hydrogen-bond donors (Lipinski definition) is 2. The number of nitrogens with two attached hydrogens (primary N) is 1. The van der Waals surface area contributed by atoms with Gasteiger partial charge in [-0.3, -0.25) is 4.79 Å². The highest BCUT2D eigenvalue weighted by atomic mass is 16.4. The Balaban J connectivity index is 4.54. The van der Waals surface area contributed by atoms with Crippen LogP contribution in [-0.4, -0.2) is 17.1 Å². The third-order valence-electron chi connectivity index (χ3n) is 2.38. The van der Waals surface area contributed by atoms with Gasteiger partial charge in [0.05, 0.1) is 6.42 Å². The summed E-state index contributed by atoms with van der Waals surface area (Å²) in [4.78, 5) is 10.6. The molecule has 1 atom stereocenters. The number of carbonyl (C=O) groups is 1. The van der Waals surface area contributed by atoms with Crippen molar-refractivity contribution in [1.29, 1.82) is 0 Å². The molecule has 0 bridgehead atoms. The van der Waals surface area contributed by atoms with Crippen molar-refractivity contribution in [2.75, 3.05) is 0 Å². The van der Waals surface area contributed by atoms with Crippen molar-refractivity contribution in [2.24, 2.45) is 16.6 Å². The molecule has 0 radical (unpaired) electrons. The Hall–Kier alpha value is -0.570. The van der Waals surface area contributed by atoms with Gasteiger partial charge in [-0.1, -0.05) is 34.6 Å². The van der Waals surface area contributed by atoms with Crippen LogP contribution < -0.4 is 5.73 Å². The van der Waals surface area contributed by atoms with Crippen molar-refractivity contribution < 1.29 is 9.90 Å². The van der Waals surface area contributed by atoms with Crippen molar-refractivity contribution in [3.05, 3.63) is 0 Å². The quantitative estimate of drug-likeness (QED) is 0.709. The molecular weight excluding hydrogens is 166 g/mol. The highest BCUT2D eigenvalue weighted by Gasteiger charge is 2.36. The predicted octanol–water partition coefficient (Wildman–Crippen LogP) is 1.86. The Kier molecular flexibility index (Phi) is 3.50. The Labute approximate surface area is 80.3 Å². The number of aliphatic carboxylic acids is 1. The van der Waals surface area contributed by atoms with Crippen LogP contribution in [0.15, 0.2) is 0 Å². The molecule has 0 rings (SSSR count). The largest absolute Gasteiger partial charge is 0.481 e. The smallest absolute Gasteiger partial charge is 0.303 e. The maximum absolute atomic E-state index is 10.6. The summed E-state index contributed by atoms with van der Waals surface area (Å²) in [7, 11) is 0. The summed E-state index contributed by atoms with van der Waals surface area (Å²) in [5, 5.41) is 8.71. The summed E-state index contributed by atoms with van der Waals surface area (Å²) in [6.07, 6.45) is 0.117.